The number of rotatable bonds is 7. The summed E-state index contributed by atoms with van der Waals surface area (Å²) in [7, 11) is 1.52. The molecule has 1 aliphatic rings. The van der Waals surface area contributed by atoms with Gasteiger partial charge in [-0.1, -0.05) is 0 Å². The van der Waals surface area contributed by atoms with E-state index in [9.17, 15) is 0 Å². The molecule has 0 spiro atoms. The lowest BCUT2D eigenvalue weighted by atomic mass is 10.5. The van der Waals surface area contributed by atoms with Gasteiger partial charge in [0.15, 0.2) is 0 Å². The number of epoxide rings is 1. The van der Waals surface area contributed by atoms with E-state index in [1.165, 1.54) is 0 Å². The van der Waals surface area contributed by atoms with Gasteiger partial charge in [0.2, 0.25) is 0 Å². The van der Waals surface area contributed by atoms with Crippen molar-refractivity contribution >= 4 is 9.53 Å². The van der Waals surface area contributed by atoms with Crippen LogP contribution in [-0.4, -0.2) is 49.9 Å². The predicted molar refractivity (Wildman–Crippen MR) is 41.4 cm³/mol. The van der Waals surface area contributed by atoms with Crippen LogP contribution in [0.5, 0.6) is 0 Å². The van der Waals surface area contributed by atoms with Crippen LogP contribution in [0.2, 0.25) is 0 Å². The average molecular weight is 193 g/mol. The molecule has 0 bridgehead atoms. The summed E-state index contributed by atoms with van der Waals surface area (Å²) in [6, 6.07) is 0. The number of hydrogen-bond donors (Lipinski definition) is 0. The van der Waals surface area contributed by atoms with Crippen molar-refractivity contribution in [3.8, 4) is 0 Å². The summed E-state index contributed by atoms with van der Waals surface area (Å²) >= 11 is 0. The van der Waals surface area contributed by atoms with E-state index in [1.807, 2.05) is 0 Å². The first-order chi connectivity index (χ1) is 5.86. The van der Waals surface area contributed by atoms with Crippen LogP contribution in [0.25, 0.3) is 0 Å². The first-order valence-corrected chi connectivity index (χ1v) is 4.86. The molecule has 12 heavy (non-hydrogen) atoms. The molecule has 0 aromatic heterocycles. The van der Waals surface area contributed by atoms with Gasteiger partial charge in [0.25, 0.3) is 0 Å². The molecule has 0 aliphatic carbocycles. The van der Waals surface area contributed by atoms with Crippen LogP contribution >= 0.6 is 0 Å². The fourth-order valence-corrected chi connectivity index (χ4v) is 1.22. The van der Waals surface area contributed by atoms with Gasteiger partial charge in [-0.05, 0) is 0 Å². The Bertz CT molecular complexity index is 115. The topological polar surface area (TPSA) is 49.5 Å². The molecule has 1 fully saturated rings. The molecule has 0 N–H and O–H groups in total. The number of hydrogen-bond acceptors (Lipinski definition) is 5. The van der Waals surface area contributed by atoms with E-state index in [1.54, 1.807) is 14.2 Å². The van der Waals surface area contributed by atoms with Crippen LogP contribution in [-0.2, 0) is 22.8 Å². The van der Waals surface area contributed by atoms with Gasteiger partial charge in [0.05, 0.1) is 13.2 Å². The Balaban J connectivity index is 1.85. The molecule has 1 saturated heterocycles. The minimum atomic E-state index is -1.57. The maximum atomic E-state index is 5.11. The Morgan fingerprint density at radius 3 is 2.58 bits per heavy atom. The normalized spacial score (nSPS) is 21.8. The Labute approximate surface area is 73.5 Å². The fraction of sp³-hybridized carbons (Fsp3) is 1.00. The predicted octanol–water partition coefficient (Wildman–Crippen LogP) is -0.346. The second-order valence-corrected chi connectivity index (χ2v) is 3.85. The van der Waals surface area contributed by atoms with Gasteiger partial charge in [-0.15, -0.1) is 0 Å². The standard InChI is InChI=1S/C6H13O5Si/c1-7-12(8-2)11-5-9-3-6-4-10-6/h6H,3-5H2,1-2H3. The molecular formula is C6H13O5Si. The molecule has 0 aromatic carbocycles. The lowest BCUT2D eigenvalue weighted by Gasteiger charge is -2.08. The zero-order valence-electron chi connectivity index (χ0n) is 7.24. The second-order valence-electron chi connectivity index (χ2n) is 2.25. The van der Waals surface area contributed by atoms with Gasteiger partial charge in [0.1, 0.15) is 12.9 Å². The van der Waals surface area contributed by atoms with E-state index >= 15 is 0 Å². The summed E-state index contributed by atoms with van der Waals surface area (Å²) < 4.78 is 24.9. The number of ether oxygens (including phenoxy) is 2. The van der Waals surface area contributed by atoms with E-state index in [2.05, 4.69) is 0 Å². The van der Waals surface area contributed by atoms with Crippen LogP contribution in [0.4, 0.5) is 0 Å². The molecule has 1 unspecified atom stereocenters. The highest BCUT2D eigenvalue weighted by molar-refractivity contribution is 6.36. The van der Waals surface area contributed by atoms with Gasteiger partial charge in [0, 0.05) is 14.2 Å². The van der Waals surface area contributed by atoms with Crippen LogP contribution in [0.3, 0.4) is 0 Å². The summed E-state index contributed by atoms with van der Waals surface area (Å²) in [6.45, 7) is 1.59. The average Bonchev–Trinajstić information content (AvgIpc) is 2.89. The lowest BCUT2D eigenvalue weighted by molar-refractivity contribution is -0.0237. The molecule has 6 heteroatoms. The van der Waals surface area contributed by atoms with Crippen molar-refractivity contribution in [2.75, 3.05) is 34.2 Å². The Kier molecular flexibility index (Phi) is 4.74. The van der Waals surface area contributed by atoms with E-state index in [-0.39, 0.29) is 12.9 Å². The van der Waals surface area contributed by atoms with Crippen LogP contribution in [0.15, 0.2) is 0 Å². The lowest BCUT2D eigenvalue weighted by Crippen LogP contribution is -2.25. The summed E-state index contributed by atoms with van der Waals surface area (Å²) in [5.41, 5.74) is 0. The highest BCUT2D eigenvalue weighted by Gasteiger charge is 2.22. The van der Waals surface area contributed by atoms with Crippen LogP contribution in [0.1, 0.15) is 0 Å². The van der Waals surface area contributed by atoms with E-state index < -0.39 is 9.53 Å². The molecular weight excluding hydrogens is 180 g/mol. The van der Waals surface area contributed by atoms with Gasteiger partial charge < -0.3 is 22.8 Å². The van der Waals surface area contributed by atoms with E-state index in [0.29, 0.717) is 6.61 Å². The van der Waals surface area contributed by atoms with Crippen molar-refractivity contribution in [1.82, 2.24) is 0 Å². The minimum absolute atomic E-state index is 0.204. The molecule has 1 heterocycles. The zero-order valence-corrected chi connectivity index (χ0v) is 8.24. The van der Waals surface area contributed by atoms with Crippen molar-refractivity contribution in [3.63, 3.8) is 0 Å². The zero-order chi connectivity index (χ0) is 8.81. The SMILES string of the molecule is CO[Si](OC)OCOCC1CO1. The molecule has 0 saturated carbocycles. The van der Waals surface area contributed by atoms with Crippen LogP contribution in [0, 0.1) is 0 Å². The summed E-state index contributed by atoms with van der Waals surface area (Å²) in [6.07, 6.45) is 0.273. The molecule has 5 nitrogen and oxygen atoms in total. The summed E-state index contributed by atoms with van der Waals surface area (Å²) in [5.74, 6) is 0. The van der Waals surface area contributed by atoms with Gasteiger partial charge in [-0.2, -0.15) is 0 Å². The highest BCUT2D eigenvalue weighted by atomic mass is 28.3. The molecule has 1 rings (SSSR count). The Morgan fingerprint density at radius 2 is 2.08 bits per heavy atom. The molecule has 1 aliphatic heterocycles. The van der Waals surface area contributed by atoms with Crippen molar-refractivity contribution in [2.24, 2.45) is 0 Å². The van der Waals surface area contributed by atoms with Gasteiger partial charge in [-0.25, -0.2) is 0 Å². The van der Waals surface area contributed by atoms with Gasteiger partial charge in [-0.3, -0.25) is 0 Å². The summed E-state index contributed by atoms with van der Waals surface area (Å²) in [5, 5.41) is 0. The maximum Gasteiger partial charge on any atom is 0.578 e. The minimum Gasteiger partial charge on any atom is -0.374 e. The molecule has 1 atom stereocenters. The third-order valence-electron chi connectivity index (χ3n) is 1.30. The molecule has 0 amide bonds. The second kappa shape index (κ2) is 5.63. The molecule has 0 aromatic rings. The first kappa shape index (κ1) is 10.1. The first-order valence-electron chi connectivity index (χ1n) is 3.64. The molecule has 1 radical (unpaired) electrons. The van der Waals surface area contributed by atoms with Crippen LogP contribution < -0.4 is 0 Å². The quantitative estimate of drug-likeness (QED) is 0.239. The fourth-order valence-electron chi connectivity index (χ4n) is 0.635. The molecule has 71 valence electrons. The Morgan fingerprint density at radius 1 is 1.42 bits per heavy atom. The van der Waals surface area contributed by atoms with Crippen molar-refractivity contribution in [1.29, 1.82) is 0 Å². The van der Waals surface area contributed by atoms with E-state index in [0.717, 1.165) is 6.61 Å². The smallest absolute Gasteiger partial charge is 0.374 e. The maximum absolute atomic E-state index is 5.11. The largest absolute Gasteiger partial charge is 0.578 e. The van der Waals surface area contributed by atoms with E-state index in [4.69, 9.17) is 22.8 Å². The highest BCUT2D eigenvalue weighted by Crippen LogP contribution is 2.08. The Hall–Kier alpha value is 0.0169. The van der Waals surface area contributed by atoms with Crippen molar-refractivity contribution in [3.05, 3.63) is 0 Å². The van der Waals surface area contributed by atoms with Crippen molar-refractivity contribution < 1.29 is 22.8 Å². The monoisotopic (exact) mass is 193 g/mol. The summed E-state index contributed by atoms with van der Waals surface area (Å²) in [4.78, 5) is 0. The van der Waals surface area contributed by atoms with Crippen molar-refractivity contribution in [2.45, 2.75) is 6.10 Å². The third kappa shape index (κ3) is 4.15. The van der Waals surface area contributed by atoms with Gasteiger partial charge >= 0.3 is 9.53 Å². The third-order valence-corrected chi connectivity index (χ3v) is 2.32.